The molecule has 0 aromatic carbocycles. The topological polar surface area (TPSA) is 28.2 Å². The number of nitrogens with one attached hydrogen (secondary N) is 1. The molecule has 3 atom stereocenters. The standard InChI is InChI=1S/C14H25N3S/c1-9-8-13(6-7-17(9)5)15-10(2)14-11(3)18-12(4)16-14/h9-10,13,15H,6-8H2,1-5H3. The number of piperidine rings is 1. The quantitative estimate of drug-likeness (QED) is 0.913. The van der Waals surface area contributed by atoms with E-state index in [1.807, 2.05) is 0 Å². The Hall–Kier alpha value is -0.450. The van der Waals surface area contributed by atoms with Gasteiger partial charge in [-0.3, -0.25) is 0 Å². The molecule has 3 unspecified atom stereocenters. The Kier molecular flexibility index (Phi) is 4.41. The molecule has 0 radical (unpaired) electrons. The van der Waals surface area contributed by atoms with Crippen molar-refractivity contribution in [3.63, 3.8) is 0 Å². The fourth-order valence-corrected chi connectivity index (χ4v) is 3.73. The third-order valence-electron chi connectivity index (χ3n) is 4.04. The van der Waals surface area contributed by atoms with E-state index >= 15 is 0 Å². The summed E-state index contributed by atoms with van der Waals surface area (Å²) in [5, 5.41) is 4.93. The van der Waals surface area contributed by atoms with E-state index in [0.29, 0.717) is 18.1 Å². The van der Waals surface area contributed by atoms with Gasteiger partial charge in [-0.1, -0.05) is 0 Å². The molecule has 102 valence electrons. The maximum Gasteiger partial charge on any atom is 0.0900 e. The summed E-state index contributed by atoms with van der Waals surface area (Å²) in [6.07, 6.45) is 2.48. The molecule has 4 heteroatoms. The van der Waals surface area contributed by atoms with Gasteiger partial charge in [0.1, 0.15) is 0 Å². The van der Waals surface area contributed by atoms with Crippen LogP contribution in [0.2, 0.25) is 0 Å². The van der Waals surface area contributed by atoms with Crippen molar-refractivity contribution in [2.24, 2.45) is 0 Å². The van der Waals surface area contributed by atoms with Crippen LogP contribution in [-0.4, -0.2) is 35.6 Å². The summed E-state index contributed by atoms with van der Waals surface area (Å²) in [5.74, 6) is 0. The summed E-state index contributed by atoms with van der Waals surface area (Å²) in [6.45, 7) is 10.0. The molecular weight excluding hydrogens is 242 g/mol. The zero-order valence-electron chi connectivity index (χ0n) is 12.2. The van der Waals surface area contributed by atoms with Gasteiger partial charge in [-0.05, 0) is 54.1 Å². The molecular formula is C14H25N3S. The van der Waals surface area contributed by atoms with Crippen molar-refractivity contribution in [1.29, 1.82) is 0 Å². The normalized spacial score (nSPS) is 27.4. The molecule has 1 aliphatic heterocycles. The highest BCUT2D eigenvalue weighted by Crippen LogP contribution is 2.24. The predicted molar refractivity (Wildman–Crippen MR) is 78.3 cm³/mol. The third kappa shape index (κ3) is 3.11. The smallest absolute Gasteiger partial charge is 0.0900 e. The summed E-state index contributed by atoms with van der Waals surface area (Å²) >= 11 is 1.80. The van der Waals surface area contributed by atoms with Gasteiger partial charge in [0.05, 0.1) is 10.7 Å². The molecule has 1 aromatic rings. The average molecular weight is 267 g/mol. The maximum atomic E-state index is 4.66. The first kappa shape index (κ1) is 14.0. The molecule has 0 amide bonds. The summed E-state index contributed by atoms with van der Waals surface area (Å²) in [6, 6.07) is 1.69. The van der Waals surface area contributed by atoms with Gasteiger partial charge in [0.25, 0.3) is 0 Å². The zero-order chi connectivity index (χ0) is 13.3. The number of nitrogens with zero attached hydrogens (tertiary/aromatic N) is 2. The Morgan fingerprint density at radius 3 is 2.72 bits per heavy atom. The van der Waals surface area contributed by atoms with E-state index in [0.717, 1.165) is 0 Å². The number of aromatic nitrogens is 1. The summed E-state index contributed by atoms with van der Waals surface area (Å²) < 4.78 is 0. The predicted octanol–water partition coefficient (Wildman–Crippen LogP) is 2.89. The van der Waals surface area contributed by atoms with Gasteiger partial charge in [0.15, 0.2) is 0 Å². The minimum absolute atomic E-state index is 0.371. The lowest BCUT2D eigenvalue weighted by Crippen LogP contribution is -2.46. The first-order chi connectivity index (χ1) is 8.47. The first-order valence-electron chi connectivity index (χ1n) is 6.87. The Morgan fingerprint density at radius 1 is 1.44 bits per heavy atom. The van der Waals surface area contributed by atoms with Crippen LogP contribution < -0.4 is 5.32 Å². The fourth-order valence-electron chi connectivity index (χ4n) is 2.82. The molecule has 1 aromatic heterocycles. The number of hydrogen-bond acceptors (Lipinski definition) is 4. The fraction of sp³-hybridized carbons (Fsp3) is 0.786. The largest absolute Gasteiger partial charge is 0.306 e. The number of thiazole rings is 1. The van der Waals surface area contributed by atoms with Crippen LogP contribution in [0, 0.1) is 13.8 Å². The van der Waals surface area contributed by atoms with E-state index in [1.54, 1.807) is 11.3 Å². The zero-order valence-corrected chi connectivity index (χ0v) is 13.0. The molecule has 2 heterocycles. The number of aryl methyl sites for hydroxylation is 2. The van der Waals surface area contributed by atoms with Gasteiger partial charge in [0.2, 0.25) is 0 Å². The lowest BCUT2D eigenvalue weighted by atomic mass is 9.98. The van der Waals surface area contributed by atoms with E-state index in [-0.39, 0.29) is 0 Å². The van der Waals surface area contributed by atoms with Gasteiger partial charge in [-0.15, -0.1) is 11.3 Å². The first-order valence-corrected chi connectivity index (χ1v) is 7.69. The van der Waals surface area contributed by atoms with E-state index in [9.17, 15) is 0 Å². The molecule has 0 bridgehead atoms. The Bertz CT molecular complexity index is 402. The molecule has 0 spiro atoms. The highest BCUT2D eigenvalue weighted by Gasteiger charge is 2.25. The molecule has 1 N–H and O–H groups in total. The van der Waals surface area contributed by atoms with Crippen molar-refractivity contribution in [3.05, 3.63) is 15.6 Å². The SMILES string of the molecule is Cc1nc(C(C)NC2CCN(C)C(C)C2)c(C)s1. The second-order valence-electron chi connectivity index (χ2n) is 5.61. The second-order valence-corrected chi connectivity index (χ2v) is 7.02. The van der Waals surface area contributed by atoms with Crippen molar-refractivity contribution >= 4 is 11.3 Å². The van der Waals surface area contributed by atoms with Crippen LogP contribution in [0.1, 0.15) is 48.3 Å². The molecule has 1 fully saturated rings. The van der Waals surface area contributed by atoms with E-state index in [1.165, 1.54) is 35.0 Å². The van der Waals surface area contributed by atoms with Crippen molar-refractivity contribution < 1.29 is 0 Å². The maximum absolute atomic E-state index is 4.66. The van der Waals surface area contributed by atoms with Gasteiger partial charge in [-0.25, -0.2) is 4.98 Å². The average Bonchev–Trinajstić information content (AvgIpc) is 2.63. The molecule has 3 nitrogen and oxygen atoms in total. The minimum Gasteiger partial charge on any atom is -0.306 e. The van der Waals surface area contributed by atoms with Crippen molar-refractivity contribution in [2.75, 3.05) is 13.6 Å². The summed E-state index contributed by atoms with van der Waals surface area (Å²) in [5.41, 5.74) is 1.24. The monoisotopic (exact) mass is 267 g/mol. The van der Waals surface area contributed by atoms with E-state index in [4.69, 9.17) is 0 Å². The van der Waals surface area contributed by atoms with Gasteiger partial charge in [0, 0.05) is 23.0 Å². The van der Waals surface area contributed by atoms with Crippen LogP contribution >= 0.6 is 11.3 Å². The highest BCUT2D eigenvalue weighted by atomic mass is 32.1. The minimum atomic E-state index is 0.371. The third-order valence-corrected chi connectivity index (χ3v) is 4.95. The molecule has 0 aliphatic carbocycles. The van der Waals surface area contributed by atoms with Gasteiger partial charge in [-0.2, -0.15) is 0 Å². The molecule has 18 heavy (non-hydrogen) atoms. The molecule has 0 saturated carbocycles. The summed E-state index contributed by atoms with van der Waals surface area (Å²) in [7, 11) is 2.22. The Labute approximate surface area is 115 Å². The Balaban J connectivity index is 1.95. The molecule has 1 saturated heterocycles. The van der Waals surface area contributed by atoms with Crippen molar-refractivity contribution in [2.45, 2.75) is 58.7 Å². The number of hydrogen-bond donors (Lipinski definition) is 1. The van der Waals surface area contributed by atoms with Gasteiger partial charge < -0.3 is 10.2 Å². The van der Waals surface area contributed by atoms with Gasteiger partial charge >= 0.3 is 0 Å². The van der Waals surface area contributed by atoms with Crippen LogP contribution in [0.3, 0.4) is 0 Å². The molecule has 1 aliphatic rings. The summed E-state index contributed by atoms with van der Waals surface area (Å²) in [4.78, 5) is 8.46. The number of rotatable bonds is 3. The van der Waals surface area contributed by atoms with Crippen molar-refractivity contribution in [3.8, 4) is 0 Å². The van der Waals surface area contributed by atoms with E-state index in [2.05, 4.69) is 49.9 Å². The Morgan fingerprint density at radius 2 is 2.17 bits per heavy atom. The number of likely N-dealkylation sites (tertiary alicyclic amines) is 1. The highest BCUT2D eigenvalue weighted by molar-refractivity contribution is 7.11. The van der Waals surface area contributed by atoms with Crippen LogP contribution in [0.15, 0.2) is 0 Å². The van der Waals surface area contributed by atoms with Crippen LogP contribution in [0.4, 0.5) is 0 Å². The second kappa shape index (κ2) is 5.68. The van der Waals surface area contributed by atoms with Crippen LogP contribution in [-0.2, 0) is 0 Å². The lowest BCUT2D eigenvalue weighted by Gasteiger charge is -2.36. The van der Waals surface area contributed by atoms with Crippen LogP contribution in [0.5, 0.6) is 0 Å². The van der Waals surface area contributed by atoms with Crippen LogP contribution in [0.25, 0.3) is 0 Å². The lowest BCUT2D eigenvalue weighted by molar-refractivity contribution is 0.163. The molecule has 2 rings (SSSR count). The van der Waals surface area contributed by atoms with Crippen molar-refractivity contribution in [1.82, 2.24) is 15.2 Å². The van der Waals surface area contributed by atoms with E-state index < -0.39 is 0 Å².